The van der Waals surface area contributed by atoms with Crippen molar-refractivity contribution in [1.82, 2.24) is 0 Å². The lowest BCUT2D eigenvalue weighted by molar-refractivity contribution is -0.119. The van der Waals surface area contributed by atoms with Crippen molar-refractivity contribution in [3.05, 3.63) is 0 Å². The minimum atomic E-state index is -3.21. The second kappa shape index (κ2) is 5.49. The van der Waals surface area contributed by atoms with Crippen molar-refractivity contribution in [1.29, 1.82) is 0 Å². The molecule has 84 valence electrons. The van der Waals surface area contributed by atoms with Crippen LogP contribution in [0, 0.1) is 5.92 Å². The van der Waals surface area contributed by atoms with Gasteiger partial charge in [-0.2, -0.15) is 0 Å². The Morgan fingerprint density at radius 2 is 1.64 bits per heavy atom. The van der Waals surface area contributed by atoms with Crippen LogP contribution in [0.15, 0.2) is 0 Å². The first-order valence-electron chi connectivity index (χ1n) is 5.09. The topological polar surface area (TPSA) is 51.2 Å². The van der Waals surface area contributed by atoms with E-state index in [9.17, 15) is 13.2 Å². The van der Waals surface area contributed by atoms with Gasteiger partial charge in [0.1, 0.15) is 5.75 Å². The van der Waals surface area contributed by atoms with Crippen LogP contribution in [0.2, 0.25) is 0 Å². The first-order chi connectivity index (χ1) is 6.35. The number of hydrogen-bond acceptors (Lipinski definition) is 3. The molecule has 0 N–H and O–H groups in total. The van der Waals surface area contributed by atoms with Crippen LogP contribution >= 0.6 is 0 Å². The van der Waals surface area contributed by atoms with E-state index in [4.69, 9.17) is 0 Å². The molecule has 0 saturated heterocycles. The highest BCUT2D eigenvalue weighted by Crippen LogP contribution is 2.10. The first-order valence-corrected chi connectivity index (χ1v) is 6.80. The SMILES string of the molecule is CCC(C)C(=O)CS(=O)(=O)C(C)CC. The van der Waals surface area contributed by atoms with Crippen molar-refractivity contribution in [3.63, 3.8) is 0 Å². The van der Waals surface area contributed by atoms with E-state index in [-0.39, 0.29) is 17.5 Å². The monoisotopic (exact) mass is 220 g/mol. The minimum absolute atomic E-state index is 0.145. The minimum Gasteiger partial charge on any atom is -0.298 e. The molecule has 0 aromatic heterocycles. The molecule has 0 rings (SSSR count). The lowest BCUT2D eigenvalue weighted by atomic mass is 10.1. The zero-order valence-electron chi connectivity index (χ0n) is 9.41. The average Bonchev–Trinajstić information content (AvgIpc) is 2.14. The molecule has 0 spiro atoms. The van der Waals surface area contributed by atoms with Crippen LogP contribution < -0.4 is 0 Å². The van der Waals surface area contributed by atoms with Crippen LogP contribution in [0.25, 0.3) is 0 Å². The summed E-state index contributed by atoms with van der Waals surface area (Å²) in [5.41, 5.74) is 0. The van der Waals surface area contributed by atoms with Crippen LogP contribution in [-0.4, -0.2) is 25.2 Å². The fourth-order valence-corrected chi connectivity index (χ4v) is 2.44. The smallest absolute Gasteiger partial charge is 0.159 e. The summed E-state index contributed by atoms with van der Waals surface area (Å²) in [6.07, 6.45) is 1.27. The molecule has 0 bridgehead atoms. The van der Waals surface area contributed by atoms with Crippen LogP contribution in [0.3, 0.4) is 0 Å². The van der Waals surface area contributed by atoms with E-state index >= 15 is 0 Å². The Hall–Kier alpha value is -0.380. The Balaban J connectivity index is 4.45. The van der Waals surface area contributed by atoms with E-state index in [1.165, 1.54) is 0 Å². The van der Waals surface area contributed by atoms with Crippen LogP contribution in [0.1, 0.15) is 40.5 Å². The fraction of sp³-hybridized carbons (Fsp3) is 0.900. The summed E-state index contributed by atoms with van der Waals surface area (Å²) in [6.45, 7) is 7.13. The molecule has 0 radical (unpaired) electrons. The molecular weight excluding hydrogens is 200 g/mol. The molecule has 4 heteroatoms. The largest absolute Gasteiger partial charge is 0.298 e. The van der Waals surface area contributed by atoms with Crippen LogP contribution in [0.5, 0.6) is 0 Å². The lowest BCUT2D eigenvalue weighted by Gasteiger charge is -2.12. The zero-order valence-corrected chi connectivity index (χ0v) is 10.2. The van der Waals surface area contributed by atoms with Crippen LogP contribution in [-0.2, 0) is 14.6 Å². The molecule has 14 heavy (non-hydrogen) atoms. The van der Waals surface area contributed by atoms with Crippen molar-refractivity contribution >= 4 is 15.6 Å². The number of ketones is 1. The van der Waals surface area contributed by atoms with E-state index in [1.807, 2.05) is 13.8 Å². The molecule has 0 aliphatic rings. The van der Waals surface area contributed by atoms with E-state index in [0.29, 0.717) is 12.8 Å². The molecule has 0 aromatic carbocycles. The summed E-state index contributed by atoms with van der Waals surface area (Å²) in [5.74, 6) is -0.599. The fourth-order valence-electron chi connectivity index (χ4n) is 0.964. The van der Waals surface area contributed by atoms with Gasteiger partial charge in [-0.15, -0.1) is 0 Å². The molecular formula is C10H20O3S. The van der Waals surface area contributed by atoms with Crippen molar-refractivity contribution in [2.24, 2.45) is 5.92 Å². The Morgan fingerprint density at radius 1 is 1.14 bits per heavy atom. The molecule has 0 aromatic rings. The molecule has 0 heterocycles. The predicted molar refractivity (Wildman–Crippen MR) is 58.0 cm³/mol. The Kier molecular flexibility index (Phi) is 5.34. The summed E-state index contributed by atoms with van der Waals surface area (Å²) in [5, 5.41) is -0.407. The van der Waals surface area contributed by atoms with Crippen molar-refractivity contribution < 1.29 is 13.2 Å². The van der Waals surface area contributed by atoms with Gasteiger partial charge in [0.05, 0.1) is 5.25 Å². The summed E-state index contributed by atoms with van der Waals surface area (Å²) in [7, 11) is -3.21. The Morgan fingerprint density at radius 3 is 2.00 bits per heavy atom. The van der Waals surface area contributed by atoms with Gasteiger partial charge in [0.15, 0.2) is 15.6 Å². The molecule has 2 atom stereocenters. The maximum Gasteiger partial charge on any atom is 0.159 e. The second-order valence-electron chi connectivity index (χ2n) is 3.80. The van der Waals surface area contributed by atoms with E-state index in [0.717, 1.165) is 0 Å². The van der Waals surface area contributed by atoms with Gasteiger partial charge < -0.3 is 0 Å². The zero-order chi connectivity index (χ0) is 11.4. The number of carbonyl (C=O) groups excluding carboxylic acids is 1. The highest BCUT2D eigenvalue weighted by atomic mass is 32.2. The molecule has 3 nitrogen and oxygen atoms in total. The van der Waals surface area contributed by atoms with Gasteiger partial charge >= 0.3 is 0 Å². The summed E-state index contributed by atoms with van der Waals surface area (Å²) in [6, 6.07) is 0. The highest BCUT2D eigenvalue weighted by Gasteiger charge is 2.24. The maximum atomic E-state index is 11.6. The molecule has 2 unspecified atom stereocenters. The van der Waals surface area contributed by atoms with Gasteiger partial charge in [-0.25, -0.2) is 8.42 Å². The first kappa shape index (κ1) is 13.6. The number of rotatable bonds is 6. The molecule has 0 aliphatic carbocycles. The van der Waals surface area contributed by atoms with E-state index in [2.05, 4.69) is 0 Å². The van der Waals surface area contributed by atoms with Gasteiger partial charge in [-0.05, 0) is 19.8 Å². The van der Waals surface area contributed by atoms with Crippen molar-refractivity contribution in [2.45, 2.75) is 45.8 Å². The third-order valence-electron chi connectivity index (χ3n) is 2.69. The van der Waals surface area contributed by atoms with Crippen molar-refractivity contribution in [2.75, 3.05) is 5.75 Å². The van der Waals surface area contributed by atoms with Gasteiger partial charge in [0, 0.05) is 5.92 Å². The number of hydrogen-bond donors (Lipinski definition) is 0. The molecule has 0 aliphatic heterocycles. The molecule has 0 amide bonds. The van der Waals surface area contributed by atoms with E-state index < -0.39 is 15.1 Å². The van der Waals surface area contributed by atoms with E-state index in [1.54, 1.807) is 13.8 Å². The maximum absolute atomic E-state index is 11.6. The quantitative estimate of drug-likeness (QED) is 0.686. The Labute approximate surface area is 86.8 Å². The third kappa shape index (κ3) is 3.78. The average molecular weight is 220 g/mol. The second-order valence-corrected chi connectivity index (χ2v) is 6.22. The third-order valence-corrected chi connectivity index (χ3v) is 4.94. The van der Waals surface area contributed by atoms with Crippen molar-refractivity contribution in [3.8, 4) is 0 Å². The summed E-state index contributed by atoms with van der Waals surface area (Å²) in [4.78, 5) is 11.4. The van der Waals surface area contributed by atoms with Crippen LogP contribution in [0.4, 0.5) is 0 Å². The summed E-state index contributed by atoms with van der Waals surface area (Å²) < 4.78 is 23.1. The molecule has 0 saturated carbocycles. The summed E-state index contributed by atoms with van der Waals surface area (Å²) >= 11 is 0. The van der Waals surface area contributed by atoms with Gasteiger partial charge in [-0.1, -0.05) is 20.8 Å². The lowest BCUT2D eigenvalue weighted by Crippen LogP contribution is -2.28. The molecule has 0 fully saturated rings. The predicted octanol–water partition coefficient (Wildman–Crippen LogP) is 1.81. The number of Topliss-reactive ketones (excluding diaryl/α,β-unsaturated/α-hetero) is 1. The number of sulfone groups is 1. The van der Waals surface area contributed by atoms with Gasteiger partial charge in [-0.3, -0.25) is 4.79 Å². The normalized spacial score (nSPS) is 16.3. The Bertz CT molecular complexity index is 280. The van der Waals surface area contributed by atoms with Gasteiger partial charge in [0.2, 0.25) is 0 Å². The highest BCUT2D eigenvalue weighted by molar-refractivity contribution is 7.92. The van der Waals surface area contributed by atoms with Gasteiger partial charge in [0.25, 0.3) is 0 Å². The standard InChI is InChI=1S/C10H20O3S/c1-5-8(3)10(11)7-14(12,13)9(4)6-2/h8-9H,5-7H2,1-4H3. The number of carbonyl (C=O) groups is 1.